The highest BCUT2D eigenvalue weighted by Gasteiger charge is 2.68. The van der Waals surface area contributed by atoms with Gasteiger partial charge in [-0.15, -0.1) is 0 Å². The van der Waals surface area contributed by atoms with Gasteiger partial charge in [0.15, 0.2) is 23.3 Å². The van der Waals surface area contributed by atoms with Crippen molar-refractivity contribution in [3.63, 3.8) is 0 Å². The molecule has 148 heavy (non-hydrogen) atoms. The summed E-state index contributed by atoms with van der Waals surface area (Å²) < 4.78 is 112. The Hall–Kier alpha value is -13.4. The van der Waals surface area contributed by atoms with Crippen LogP contribution in [-0.2, 0) is 98.8 Å². The van der Waals surface area contributed by atoms with Gasteiger partial charge in [-0.1, -0.05) is 138 Å². The zero-order valence-electron chi connectivity index (χ0n) is 83.3. The van der Waals surface area contributed by atoms with Crippen LogP contribution < -0.4 is 11.5 Å². The first-order valence-electron chi connectivity index (χ1n) is 48.3. The Bertz CT molecular complexity index is 6630. The van der Waals surface area contributed by atoms with Crippen LogP contribution in [0, 0.1) is 12.0 Å². The van der Waals surface area contributed by atoms with Crippen molar-refractivity contribution in [2.75, 3.05) is 17.3 Å². The second-order valence-electron chi connectivity index (χ2n) is 41.8. The third-order valence-corrected chi connectivity index (χ3v) is 34.2. The largest absolute Gasteiger partial charge is 0.409 e. The van der Waals surface area contributed by atoms with Crippen molar-refractivity contribution in [3.8, 4) is 0 Å². The second kappa shape index (κ2) is 44.2. The Morgan fingerprint density at radius 1 is 0.419 bits per heavy atom. The van der Waals surface area contributed by atoms with Gasteiger partial charge in [0, 0.05) is 165 Å². The average Bonchev–Trinajstić information content (AvgIpc) is 1.47. The van der Waals surface area contributed by atoms with Crippen molar-refractivity contribution < 1.29 is 92.8 Å². The van der Waals surface area contributed by atoms with Crippen LogP contribution in [0.4, 0.5) is 17.6 Å². The number of ether oxygens (including phenoxy) is 3. The standard InChI is InChI=1S/C18H24N2O3S.C17H26N2O3S.C17H23NO2S.C16H11F2N3O2.C16H13N3O3.C16H11N3O3.C8H9F2N3/c1-17(2,3)24(21)12-18(16-19-13-23-20-16)9-15(10-18)22-11-14-7-5-4-6-8-14;1-16(2,3)23(21)12-17(15(18)19-20)9-14(10-17)22-11-13-7-5-4-6-8-13;1-16(2,3)21(19)13-17(18-4)10-15(11-17)20-12-14-8-6-5-7-9-14;17-16(18)8-15(9-16,14-19-6-3-7-20-14)21-12(22)10-4-1-2-5-11(10)13(21)23;2*20-10-8-16(9-10,15-17-6-3-7-18-15)19-13(21)11-4-1-2-5-12(11)14(19)22;9-8(10)4-7(11,5-8)6-12-2-1-3-13-6/h4-8,13,15H,9-12H2,1-3H3;4-8,14,20H,9-12H2,1-3H3,(H2,18,19);5-9,15H,10-13H2,1-3H3;1-7H,8-9H2;1-7,10,20H,8-9H2;1-7H,8-9H2;1-3H,4-5,11H2. The summed E-state index contributed by atoms with van der Waals surface area (Å²) in [5.41, 5.74) is 11.2. The van der Waals surface area contributed by atoms with E-state index in [0.29, 0.717) is 108 Å². The number of benzene rings is 6. The van der Waals surface area contributed by atoms with Crippen LogP contribution in [0.1, 0.15) is 260 Å². The zero-order valence-corrected chi connectivity index (χ0v) is 85.7. The molecule has 40 heteroatoms. The highest BCUT2D eigenvalue weighted by Crippen LogP contribution is 2.58. The predicted octanol–water partition coefficient (Wildman–Crippen LogP) is 15.4. The number of nitrogens with two attached hydrogens (primary N) is 2. The topological polar surface area (TPSA) is 459 Å². The molecule has 5 aromatic heterocycles. The van der Waals surface area contributed by atoms with E-state index in [4.69, 9.17) is 42.0 Å². The van der Waals surface area contributed by atoms with E-state index in [1.165, 1.54) is 48.2 Å². The number of carbonyl (C=O) groups is 7. The molecule has 10 aliphatic rings. The van der Waals surface area contributed by atoms with E-state index < -0.39 is 108 Å². The molecule has 33 nitrogen and oxygen atoms in total. The van der Waals surface area contributed by atoms with Gasteiger partial charge in [0.1, 0.15) is 39.8 Å². The van der Waals surface area contributed by atoms with E-state index in [1.807, 2.05) is 141 Å². The average molecular weight is 2080 g/mol. The minimum atomic E-state index is -2.95. The number of ketones is 1. The molecule has 21 rings (SSSR count). The summed E-state index contributed by atoms with van der Waals surface area (Å²) in [4.78, 5) is 131. The van der Waals surface area contributed by atoms with Gasteiger partial charge in [-0.2, -0.15) is 4.98 Å². The zero-order chi connectivity index (χ0) is 106. The molecule has 0 radical (unpaired) electrons. The first kappa shape index (κ1) is 109. The van der Waals surface area contributed by atoms with Crippen LogP contribution >= 0.6 is 0 Å². The Morgan fingerprint density at radius 2 is 0.730 bits per heavy atom. The van der Waals surface area contributed by atoms with Crippen molar-refractivity contribution in [1.82, 2.24) is 64.7 Å². The first-order chi connectivity index (χ1) is 70.2. The molecule has 776 valence electrons. The van der Waals surface area contributed by atoms with Gasteiger partial charge in [-0.3, -0.25) is 60.9 Å². The second-order valence-corrected chi connectivity index (χ2v) is 48.4. The summed E-state index contributed by atoms with van der Waals surface area (Å²) in [6.45, 7) is 26.8. The monoisotopic (exact) mass is 2080 g/mol. The Labute approximate surface area is 861 Å². The van der Waals surface area contributed by atoms with Gasteiger partial charge in [0.2, 0.25) is 11.9 Å². The molecule has 0 saturated heterocycles. The fraction of sp³-hybridized carbons (Fsp3) is 0.417. The Morgan fingerprint density at radius 3 is 1.05 bits per heavy atom. The number of oxime groups is 1. The third-order valence-electron chi connectivity index (χ3n) is 27.7. The maximum absolute atomic E-state index is 13.7. The number of fused-ring (bicyclic) bond motifs is 3. The number of rotatable bonds is 24. The van der Waals surface area contributed by atoms with Crippen LogP contribution in [0.2, 0.25) is 0 Å². The molecule has 0 spiro atoms. The van der Waals surface area contributed by atoms with Crippen molar-refractivity contribution in [2.24, 2.45) is 22.0 Å². The van der Waals surface area contributed by atoms with E-state index in [9.17, 15) is 68.9 Å². The van der Waals surface area contributed by atoms with Crippen LogP contribution in [0.3, 0.4) is 0 Å². The fourth-order valence-electron chi connectivity index (χ4n) is 19.4. The van der Waals surface area contributed by atoms with Gasteiger partial charge in [0.05, 0.1) is 101 Å². The lowest BCUT2D eigenvalue weighted by Gasteiger charge is -2.50. The number of nitrogens with zero attached hydrogens (tertiary/aromatic N) is 15. The van der Waals surface area contributed by atoms with Gasteiger partial charge in [-0.05, 0) is 165 Å². The molecule has 7 fully saturated rings. The summed E-state index contributed by atoms with van der Waals surface area (Å²) in [5, 5.41) is 26.1. The normalized spacial score (nSPS) is 24.2. The van der Waals surface area contributed by atoms with E-state index in [1.54, 1.807) is 110 Å². The fourth-order valence-corrected chi connectivity index (χ4v) is 23.2. The molecule has 6 N–H and O–H groups in total. The lowest BCUT2D eigenvalue weighted by Crippen LogP contribution is -2.62. The Balaban J connectivity index is 0.000000130. The molecule has 0 bridgehead atoms. The summed E-state index contributed by atoms with van der Waals surface area (Å²) >= 11 is 0. The maximum atomic E-state index is 13.7. The molecule has 3 unspecified atom stereocenters. The number of amides is 6. The van der Waals surface area contributed by atoms with E-state index in [2.05, 4.69) is 72.1 Å². The number of aliphatic hydroxyl groups excluding tert-OH is 1. The number of Topliss-reactive ketones (excluding diaryl/α,β-unsaturated/α-hetero) is 1. The van der Waals surface area contributed by atoms with E-state index >= 15 is 0 Å². The predicted molar refractivity (Wildman–Crippen MR) is 540 cm³/mol. The number of hydrogen-bond acceptors (Lipinski definition) is 28. The van der Waals surface area contributed by atoms with E-state index in [-0.39, 0.29) is 129 Å². The molecule has 8 heterocycles. The number of alkyl halides is 4. The molecule has 7 saturated carbocycles. The van der Waals surface area contributed by atoms with Gasteiger partial charge in [0.25, 0.3) is 47.3 Å². The van der Waals surface area contributed by atoms with Crippen molar-refractivity contribution in [2.45, 2.75) is 256 Å². The summed E-state index contributed by atoms with van der Waals surface area (Å²) in [5.74, 6) is -4.89. The van der Waals surface area contributed by atoms with Crippen LogP contribution in [0.15, 0.2) is 254 Å². The molecular weight excluding hydrogens is 1960 g/mol. The first-order valence-corrected chi connectivity index (χ1v) is 52.2. The molecule has 7 aliphatic carbocycles. The van der Waals surface area contributed by atoms with Gasteiger partial charge < -0.3 is 45.4 Å². The number of imide groups is 3. The van der Waals surface area contributed by atoms with E-state index in [0.717, 1.165) is 39.3 Å². The quantitative estimate of drug-likeness (QED) is 0.00830. The lowest BCUT2D eigenvalue weighted by molar-refractivity contribution is -0.163. The summed E-state index contributed by atoms with van der Waals surface area (Å²) in [7, 11) is -3.01. The smallest absolute Gasteiger partial charge is 0.262 e. The highest BCUT2D eigenvalue weighted by molar-refractivity contribution is 7.87. The van der Waals surface area contributed by atoms with Gasteiger partial charge in [-0.25, -0.2) is 64.0 Å². The minimum Gasteiger partial charge on any atom is -0.409 e. The Kier molecular flexibility index (Phi) is 32.5. The minimum absolute atomic E-state index is 0.0102. The highest BCUT2D eigenvalue weighted by atomic mass is 32.2. The third kappa shape index (κ3) is 23.7. The molecule has 3 atom stereocenters. The number of amidine groups is 1. The molecule has 11 aromatic rings. The molecular formula is C108H117F4N17O16S3. The SMILES string of the molecule is CC(C)(C)S(=O)CC1(/C(N)=N/O)CC(OCc2ccccc2)C1.CC(C)(C)S(=O)CC1(c2ncon2)CC(OCc2ccccc2)C1.NC1(c2ncccn2)CC(F)(F)C1.O=C1CC(c2ncccn2)(N2C(=O)c3ccccc3C2=O)C1.O=C1c2ccccc2C(=O)N1C1(c2ncccn2)CC(F)(F)C1.O=C1c2ccccc2C(=O)N1C1(c2ncccn2)CC(O)C1.[C-]#[N+]C1(CS(=O)C(C)(C)C)CC(OCc2ccccc2)C1. The number of carbonyl (C=O) groups excluding carboxylic acids is 7. The number of aromatic nitrogens is 10. The summed E-state index contributed by atoms with van der Waals surface area (Å²) in [6, 6.07) is 56.4. The number of aliphatic hydroxyl groups is 1. The molecule has 6 amide bonds. The van der Waals surface area contributed by atoms with Crippen LogP contribution in [0.25, 0.3) is 4.85 Å². The van der Waals surface area contributed by atoms with Gasteiger partial charge >= 0.3 is 0 Å². The van der Waals surface area contributed by atoms with Crippen molar-refractivity contribution >= 4 is 79.5 Å². The van der Waals surface area contributed by atoms with Crippen LogP contribution in [-0.4, -0.2) is 208 Å². The lowest BCUT2D eigenvalue weighted by atomic mass is 9.67. The number of halogens is 4. The summed E-state index contributed by atoms with van der Waals surface area (Å²) in [6.07, 6.45) is 16.1. The molecule has 3 aliphatic heterocycles. The molecule has 6 aromatic carbocycles. The van der Waals surface area contributed by atoms with Crippen LogP contribution in [0.5, 0.6) is 0 Å². The van der Waals surface area contributed by atoms with Crippen molar-refractivity contribution in [1.29, 1.82) is 0 Å². The maximum Gasteiger partial charge on any atom is 0.262 e. The van der Waals surface area contributed by atoms with Crippen molar-refractivity contribution in [3.05, 3.63) is 335 Å². The number of hydrogen-bond donors (Lipinski definition) is 4.